The molecule has 21 heavy (non-hydrogen) atoms. The third-order valence-corrected chi connectivity index (χ3v) is 4.97. The van der Waals surface area contributed by atoms with E-state index in [1.807, 2.05) is 6.92 Å². The summed E-state index contributed by atoms with van der Waals surface area (Å²) in [6.45, 7) is 8.80. The molecular formula is C17H28ClN3. The van der Waals surface area contributed by atoms with E-state index in [1.54, 1.807) is 0 Å². The van der Waals surface area contributed by atoms with Crippen LogP contribution in [0.4, 0.5) is 5.82 Å². The largest absolute Gasteiger partial charge is 0.367 e. The van der Waals surface area contributed by atoms with Crippen molar-refractivity contribution in [3.8, 4) is 0 Å². The second-order valence-electron chi connectivity index (χ2n) is 6.60. The molecule has 0 saturated heterocycles. The molecule has 1 aliphatic rings. The number of anilines is 1. The minimum Gasteiger partial charge on any atom is -0.367 e. The zero-order chi connectivity index (χ0) is 15.4. The van der Waals surface area contributed by atoms with Crippen molar-refractivity contribution in [1.82, 2.24) is 9.97 Å². The van der Waals surface area contributed by atoms with Crippen LogP contribution in [0.5, 0.6) is 0 Å². The molecule has 0 bridgehead atoms. The Bertz CT molecular complexity index is 473. The fourth-order valence-electron chi connectivity index (χ4n) is 3.32. The lowest BCUT2D eigenvalue weighted by molar-refractivity contribution is 0.253. The highest BCUT2D eigenvalue weighted by atomic mass is 35.5. The molecule has 1 saturated carbocycles. The first-order valence-electron chi connectivity index (χ1n) is 8.32. The molecule has 1 aliphatic carbocycles. The van der Waals surface area contributed by atoms with Crippen LogP contribution in [-0.2, 0) is 6.42 Å². The highest BCUT2D eigenvalue weighted by Crippen LogP contribution is 2.33. The molecule has 2 unspecified atom stereocenters. The Morgan fingerprint density at radius 1 is 1.24 bits per heavy atom. The summed E-state index contributed by atoms with van der Waals surface area (Å²) in [4.78, 5) is 9.09. The molecule has 0 spiro atoms. The molecule has 2 atom stereocenters. The lowest BCUT2D eigenvalue weighted by Crippen LogP contribution is -2.35. The fraction of sp³-hybridized carbons (Fsp3) is 0.765. The Morgan fingerprint density at radius 3 is 2.62 bits per heavy atom. The van der Waals surface area contributed by atoms with Crippen LogP contribution in [0.1, 0.15) is 64.3 Å². The molecule has 1 aromatic rings. The van der Waals surface area contributed by atoms with Gasteiger partial charge in [0.05, 0.1) is 0 Å². The SMILES string of the molecule is CCCc1nc(Cl)c(C)c(NC2CCCCC2C(C)C)n1. The van der Waals surface area contributed by atoms with E-state index in [4.69, 9.17) is 16.6 Å². The van der Waals surface area contributed by atoms with Crippen LogP contribution in [0, 0.1) is 18.8 Å². The van der Waals surface area contributed by atoms with Gasteiger partial charge in [-0.05, 0) is 38.0 Å². The number of hydrogen-bond acceptors (Lipinski definition) is 3. The van der Waals surface area contributed by atoms with Gasteiger partial charge in [0, 0.05) is 18.0 Å². The summed E-state index contributed by atoms with van der Waals surface area (Å²) < 4.78 is 0. The number of halogens is 1. The first kappa shape index (κ1) is 16.5. The third kappa shape index (κ3) is 4.09. The zero-order valence-electron chi connectivity index (χ0n) is 13.7. The monoisotopic (exact) mass is 309 g/mol. The molecule has 1 N–H and O–H groups in total. The van der Waals surface area contributed by atoms with Crippen molar-refractivity contribution in [3.05, 3.63) is 16.5 Å². The van der Waals surface area contributed by atoms with E-state index >= 15 is 0 Å². The van der Waals surface area contributed by atoms with Crippen molar-refractivity contribution in [1.29, 1.82) is 0 Å². The van der Waals surface area contributed by atoms with E-state index in [1.165, 1.54) is 25.7 Å². The maximum Gasteiger partial charge on any atom is 0.137 e. The first-order valence-corrected chi connectivity index (χ1v) is 8.70. The van der Waals surface area contributed by atoms with Gasteiger partial charge in [-0.25, -0.2) is 9.97 Å². The number of aromatic nitrogens is 2. The number of aryl methyl sites for hydroxylation is 1. The summed E-state index contributed by atoms with van der Waals surface area (Å²) in [5, 5.41) is 4.28. The minimum absolute atomic E-state index is 0.512. The lowest BCUT2D eigenvalue weighted by Gasteiger charge is -2.35. The van der Waals surface area contributed by atoms with E-state index < -0.39 is 0 Å². The summed E-state index contributed by atoms with van der Waals surface area (Å²) in [7, 11) is 0. The van der Waals surface area contributed by atoms with E-state index in [2.05, 4.69) is 31.1 Å². The third-order valence-electron chi connectivity index (χ3n) is 4.60. The van der Waals surface area contributed by atoms with Crippen LogP contribution in [0.2, 0.25) is 5.15 Å². The zero-order valence-corrected chi connectivity index (χ0v) is 14.5. The maximum absolute atomic E-state index is 6.28. The molecule has 1 fully saturated rings. The number of nitrogens with zero attached hydrogens (tertiary/aromatic N) is 2. The molecule has 4 heteroatoms. The average molecular weight is 310 g/mol. The van der Waals surface area contributed by atoms with Gasteiger partial charge in [-0.1, -0.05) is 45.2 Å². The van der Waals surface area contributed by atoms with Crippen molar-refractivity contribution in [2.75, 3.05) is 5.32 Å². The van der Waals surface area contributed by atoms with Gasteiger partial charge in [-0.2, -0.15) is 0 Å². The summed E-state index contributed by atoms with van der Waals surface area (Å²) in [6.07, 6.45) is 7.12. The van der Waals surface area contributed by atoms with Crippen molar-refractivity contribution >= 4 is 17.4 Å². The second-order valence-corrected chi connectivity index (χ2v) is 6.96. The van der Waals surface area contributed by atoms with Crippen molar-refractivity contribution in [2.45, 2.75) is 72.3 Å². The van der Waals surface area contributed by atoms with Gasteiger partial charge < -0.3 is 5.32 Å². The average Bonchev–Trinajstić information content (AvgIpc) is 2.45. The molecule has 0 aliphatic heterocycles. The highest BCUT2D eigenvalue weighted by molar-refractivity contribution is 6.30. The van der Waals surface area contributed by atoms with E-state index in [-0.39, 0.29) is 0 Å². The summed E-state index contributed by atoms with van der Waals surface area (Å²) in [6, 6.07) is 0.512. The van der Waals surface area contributed by atoms with E-state index in [9.17, 15) is 0 Å². The first-order chi connectivity index (χ1) is 10.0. The van der Waals surface area contributed by atoms with E-state index in [0.717, 1.165) is 36.0 Å². The predicted molar refractivity (Wildman–Crippen MR) is 90.0 cm³/mol. The Labute approximate surface area is 133 Å². The van der Waals surface area contributed by atoms with Crippen LogP contribution in [0.3, 0.4) is 0 Å². The lowest BCUT2D eigenvalue weighted by atomic mass is 9.78. The van der Waals surface area contributed by atoms with Crippen LogP contribution in [0.25, 0.3) is 0 Å². The van der Waals surface area contributed by atoms with Crippen LogP contribution in [-0.4, -0.2) is 16.0 Å². The molecule has 1 heterocycles. The number of nitrogens with one attached hydrogen (secondary N) is 1. The standard InChI is InChI=1S/C17H28ClN3/c1-5-8-15-20-16(18)12(4)17(21-15)19-14-10-7-6-9-13(14)11(2)3/h11,13-14H,5-10H2,1-4H3,(H,19,20,21). The minimum atomic E-state index is 0.512. The van der Waals surface area contributed by atoms with Gasteiger partial charge in [0.15, 0.2) is 0 Å². The summed E-state index contributed by atoms with van der Waals surface area (Å²) in [5.41, 5.74) is 0.976. The molecule has 2 rings (SSSR count). The summed E-state index contributed by atoms with van der Waals surface area (Å²) in [5.74, 6) is 3.22. The molecule has 0 radical (unpaired) electrons. The maximum atomic E-state index is 6.28. The van der Waals surface area contributed by atoms with Crippen LogP contribution < -0.4 is 5.32 Å². The molecule has 1 aromatic heterocycles. The Balaban J connectivity index is 2.20. The van der Waals surface area contributed by atoms with Crippen LogP contribution in [0.15, 0.2) is 0 Å². The normalized spacial score (nSPS) is 22.6. The van der Waals surface area contributed by atoms with Gasteiger partial charge in [0.2, 0.25) is 0 Å². The molecule has 0 amide bonds. The topological polar surface area (TPSA) is 37.8 Å². The van der Waals surface area contributed by atoms with Crippen molar-refractivity contribution < 1.29 is 0 Å². The predicted octanol–water partition coefficient (Wildman–Crippen LogP) is 5.02. The Hall–Kier alpha value is -0.830. The molecule has 0 aromatic carbocycles. The van der Waals surface area contributed by atoms with Crippen molar-refractivity contribution in [3.63, 3.8) is 0 Å². The molecule has 118 valence electrons. The van der Waals surface area contributed by atoms with Gasteiger partial charge in [-0.15, -0.1) is 0 Å². The Morgan fingerprint density at radius 2 is 1.95 bits per heavy atom. The van der Waals surface area contributed by atoms with Gasteiger partial charge in [-0.3, -0.25) is 0 Å². The highest BCUT2D eigenvalue weighted by Gasteiger charge is 2.28. The fourth-order valence-corrected chi connectivity index (χ4v) is 3.51. The molecule has 3 nitrogen and oxygen atoms in total. The van der Waals surface area contributed by atoms with Gasteiger partial charge in [0.1, 0.15) is 16.8 Å². The summed E-state index contributed by atoms with van der Waals surface area (Å²) >= 11 is 6.28. The number of rotatable bonds is 5. The van der Waals surface area contributed by atoms with Gasteiger partial charge >= 0.3 is 0 Å². The second kappa shape index (κ2) is 7.44. The quantitative estimate of drug-likeness (QED) is 0.776. The smallest absolute Gasteiger partial charge is 0.137 e. The van der Waals surface area contributed by atoms with Crippen molar-refractivity contribution in [2.24, 2.45) is 11.8 Å². The van der Waals surface area contributed by atoms with E-state index in [0.29, 0.717) is 17.1 Å². The molecular weight excluding hydrogens is 282 g/mol. The Kier molecular flexibility index (Phi) is 5.86. The number of hydrogen-bond donors (Lipinski definition) is 1. The van der Waals surface area contributed by atoms with Gasteiger partial charge in [0.25, 0.3) is 0 Å². The van der Waals surface area contributed by atoms with Crippen LogP contribution >= 0.6 is 11.6 Å².